The van der Waals surface area contributed by atoms with E-state index < -0.39 is 6.10 Å². The van der Waals surface area contributed by atoms with E-state index in [1.165, 1.54) is 0 Å². The first-order valence-corrected chi connectivity index (χ1v) is 6.80. The fourth-order valence-electron chi connectivity index (χ4n) is 2.37. The molecular formula is C16H22O3. The molecule has 0 bridgehead atoms. The van der Waals surface area contributed by atoms with Gasteiger partial charge in [0.1, 0.15) is 23.7 Å². The van der Waals surface area contributed by atoms with Crippen molar-refractivity contribution in [1.82, 2.24) is 0 Å². The molecule has 1 aliphatic heterocycles. The number of rotatable bonds is 4. The van der Waals surface area contributed by atoms with Crippen molar-refractivity contribution in [2.75, 3.05) is 6.61 Å². The minimum Gasteiger partial charge on any atom is -0.493 e. The molecule has 0 spiro atoms. The lowest BCUT2D eigenvalue weighted by molar-refractivity contribution is 0.216. The van der Waals surface area contributed by atoms with Gasteiger partial charge in [-0.1, -0.05) is 11.6 Å². The Balaban J connectivity index is 2.41. The summed E-state index contributed by atoms with van der Waals surface area (Å²) in [4.78, 5) is 0. The molecule has 19 heavy (non-hydrogen) atoms. The molecule has 2 unspecified atom stereocenters. The van der Waals surface area contributed by atoms with Gasteiger partial charge >= 0.3 is 0 Å². The van der Waals surface area contributed by atoms with Crippen LogP contribution in [-0.2, 0) is 6.42 Å². The van der Waals surface area contributed by atoms with Crippen molar-refractivity contribution in [2.24, 2.45) is 0 Å². The molecule has 3 heteroatoms. The Kier molecular flexibility index (Phi) is 4.15. The van der Waals surface area contributed by atoms with Crippen molar-refractivity contribution in [3.05, 3.63) is 34.9 Å². The summed E-state index contributed by atoms with van der Waals surface area (Å²) in [5, 5.41) is 10.3. The number of allylic oxidation sites excluding steroid dienone is 1. The molecule has 2 rings (SSSR count). The number of hydrogen-bond donors (Lipinski definition) is 1. The molecule has 1 aromatic carbocycles. The maximum atomic E-state index is 10.3. The van der Waals surface area contributed by atoms with Gasteiger partial charge in [-0.15, -0.1) is 0 Å². The van der Waals surface area contributed by atoms with Crippen LogP contribution in [0.3, 0.4) is 0 Å². The molecule has 1 aliphatic rings. The quantitative estimate of drug-likeness (QED) is 0.845. The highest BCUT2D eigenvalue weighted by atomic mass is 16.5. The predicted molar refractivity (Wildman–Crippen MR) is 75.8 cm³/mol. The van der Waals surface area contributed by atoms with Crippen LogP contribution in [0, 0.1) is 0 Å². The van der Waals surface area contributed by atoms with Gasteiger partial charge in [0.2, 0.25) is 0 Å². The van der Waals surface area contributed by atoms with Crippen LogP contribution in [0.25, 0.3) is 0 Å². The van der Waals surface area contributed by atoms with Gasteiger partial charge in [0.25, 0.3) is 0 Å². The van der Waals surface area contributed by atoms with Crippen LogP contribution in [-0.4, -0.2) is 17.8 Å². The van der Waals surface area contributed by atoms with Gasteiger partial charge in [-0.2, -0.15) is 0 Å². The standard InChI is InChI=1S/C16H22O3/c1-5-18-16-8-12-7-11(4)19-15(12)9-13(16)14(17)6-10(2)3/h6,8-9,11,14,17H,5,7H2,1-4H3. The Morgan fingerprint density at radius 3 is 2.89 bits per heavy atom. The lowest BCUT2D eigenvalue weighted by Crippen LogP contribution is -2.05. The van der Waals surface area contributed by atoms with E-state index in [1.807, 2.05) is 45.9 Å². The highest BCUT2D eigenvalue weighted by Gasteiger charge is 2.23. The Morgan fingerprint density at radius 2 is 2.26 bits per heavy atom. The van der Waals surface area contributed by atoms with Crippen molar-refractivity contribution in [2.45, 2.75) is 46.3 Å². The van der Waals surface area contributed by atoms with Crippen LogP contribution >= 0.6 is 0 Å². The van der Waals surface area contributed by atoms with E-state index in [1.54, 1.807) is 0 Å². The van der Waals surface area contributed by atoms with Gasteiger partial charge in [-0.05, 0) is 39.8 Å². The first-order chi connectivity index (χ1) is 9.01. The second kappa shape index (κ2) is 5.66. The number of benzene rings is 1. The predicted octanol–water partition coefficient (Wildman–Crippen LogP) is 3.41. The molecular weight excluding hydrogens is 240 g/mol. The van der Waals surface area contributed by atoms with Crippen molar-refractivity contribution in [3.8, 4) is 11.5 Å². The summed E-state index contributed by atoms with van der Waals surface area (Å²) in [7, 11) is 0. The third kappa shape index (κ3) is 3.10. The van der Waals surface area contributed by atoms with Crippen LogP contribution in [0.5, 0.6) is 11.5 Å². The average Bonchev–Trinajstić information content (AvgIpc) is 2.66. The molecule has 104 valence electrons. The molecule has 3 nitrogen and oxygen atoms in total. The summed E-state index contributed by atoms with van der Waals surface area (Å²) in [6.07, 6.45) is 2.26. The van der Waals surface area contributed by atoms with Crippen LogP contribution in [0.1, 0.15) is 44.9 Å². The number of ether oxygens (including phenoxy) is 2. The smallest absolute Gasteiger partial charge is 0.125 e. The maximum absolute atomic E-state index is 10.3. The lowest BCUT2D eigenvalue weighted by atomic mass is 10.0. The monoisotopic (exact) mass is 262 g/mol. The number of aliphatic hydroxyl groups is 1. The van der Waals surface area contributed by atoms with Gasteiger partial charge in [-0.3, -0.25) is 0 Å². The van der Waals surface area contributed by atoms with Gasteiger partial charge in [0.05, 0.1) is 6.61 Å². The minimum atomic E-state index is -0.656. The normalized spacial score (nSPS) is 18.5. The zero-order chi connectivity index (χ0) is 14.0. The summed E-state index contributed by atoms with van der Waals surface area (Å²) in [6.45, 7) is 8.52. The zero-order valence-corrected chi connectivity index (χ0v) is 12.1. The molecule has 0 amide bonds. The molecule has 1 N–H and O–H groups in total. The van der Waals surface area contributed by atoms with Crippen molar-refractivity contribution < 1.29 is 14.6 Å². The first-order valence-electron chi connectivity index (χ1n) is 6.80. The summed E-state index contributed by atoms with van der Waals surface area (Å²) in [6, 6.07) is 3.91. The molecule has 0 saturated carbocycles. The topological polar surface area (TPSA) is 38.7 Å². The number of aliphatic hydroxyl groups excluding tert-OH is 1. The lowest BCUT2D eigenvalue weighted by Gasteiger charge is -2.15. The van der Waals surface area contributed by atoms with Gasteiger partial charge in [0.15, 0.2) is 0 Å². The van der Waals surface area contributed by atoms with Crippen LogP contribution in [0.4, 0.5) is 0 Å². The van der Waals surface area contributed by atoms with E-state index in [4.69, 9.17) is 9.47 Å². The largest absolute Gasteiger partial charge is 0.493 e. The Bertz CT molecular complexity index is 487. The Hall–Kier alpha value is -1.48. The minimum absolute atomic E-state index is 0.195. The first kappa shape index (κ1) is 13.9. The Labute approximate surface area is 114 Å². The highest BCUT2D eigenvalue weighted by Crippen LogP contribution is 2.38. The molecule has 1 aromatic rings. The Morgan fingerprint density at radius 1 is 1.53 bits per heavy atom. The molecule has 0 aliphatic carbocycles. The van der Waals surface area contributed by atoms with E-state index >= 15 is 0 Å². The number of hydrogen-bond acceptors (Lipinski definition) is 3. The maximum Gasteiger partial charge on any atom is 0.125 e. The molecule has 0 radical (unpaired) electrons. The molecule has 0 aromatic heterocycles. The van der Waals surface area contributed by atoms with Gasteiger partial charge in [0, 0.05) is 17.5 Å². The van der Waals surface area contributed by atoms with Gasteiger partial charge < -0.3 is 14.6 Å². The van der Waals surface area contributed by atoms with E-state index in [9.17, 15) is 5.11 Å². The third-order valence-electron chi connectivity index (χ3n) is 3.14. The fourth-order valence-corrected chi connectivity index (χ4v) is 2.37. The van der Waals surface area contributed by atoms with Crippen LogP contribution < -0.4 is 9.47 Å². The van der Waals surface area contributed by atoms with E-state index in [2.05, 4.69) is 0 Å². The summed E-state index contributed by atoms with van der Waals surface area (Å²) >= 11 is 0. The molecule has 0 fully saturated rings. The molecule has 2 atom stereocenters. The van der Waals surface area contributed by atoms with E-state index in [-0.39, 0.29) is 6.10 Å². The van der Waals surface area contributed by atoms with Crippen LogP contribution in [0.15, 0.2) is 23.8 Å². The molecule has 0 saturated heterocycles. The third-order valence-corrected chi connectivity index (χ3v) is 3.14. The second-order valence-corrected chi connectivity index (χ2v) is 5.25. The number of fused-ring (bicyclic) bond motifs is 1. The van der Waals surface area contributed by atoms with Crippen molar-refractivity contribution >= 4 is 0 Å². The average molecular weight is 262 g/mol. The van der Waals surface area contributed by atoms with E-state index in [0.717, 1.165) is 34.6 Å². The zero-order valence-electron chi connectivity index (χ0n) is 12.1. The van der Waals surface area contributed by atoms with E-state index in [0.29, 0.717) is 6.61 Å². The highest BCUT2D eigenvalue weighted by molar-refractivity contribution is 5.50. The SMILES string of the molecule is CCOc1cc2c(cc1C(O)C=C(C)C)OC(C)C2. The van der Waals surface area contributed by atoms with Crippen molar-refractivity contribution in [3.63, 3.8) is 0 Å². The van der Waals surface area contributed by atoms with Crippen LogP contribution in [0.2, 0.25) is 0 Å². The summed E-state index contributed by atoms with van der Waals surface area (Å²) < 4.78 is 11.4. The van der Waals surface area contributed by atoms with Gasteiger partial charge in [-0.25, -0.2) is 0 Å². The van der Waals surface area contributed by atoms with Crippen molar-refractivity contribution in [1.29, 1.82) is 0 Å². The fraction of sp³-hybridized carbons (Fsp3) is 0.500. The summed E-state index contributed by atoms with van der Waals surface area (Å²) in [5.74, 6) is 1.62. The second-order valence-electron chi connectivity index (χ2n) is 5.25. The summed E-state index contributed by atoms with van der Waals surface area (Å²) in [5.41, 5.74) is 3.00. The molecule has 1 heterocycles.